The number of aromatic nitrogens is 4. The van der Waals surface area contributed by atoms with Crippen LogP contribution in [0.15, 0.2) is 41.7 Å². The van der Waals surface area contributed by atoms with Gasteiger partial charge in [-0.15, -0.1) is 0 Å². The molecule has 0 bridgehead atoms. The molecule has 0 spiro atoms. The standard InChI is InChI=1S/C21H27IN4O3SSi/c1-15-20(22)25-21(26(15)14-29-8-9-31(3,4)5)19-11-16(6-7-24-19)17-10-18(13-23-12-17)30(2,27)28/h6-7,10-13H,8-9,14H2,1-5H3. The summed E-state index contributed by atoms with van der Waals surface area (Å²) in [6.45, 7) is 10.1. The van der Waals surface area contributed by atoms with E-state index in [0.717, 1.165) is 33.4 Å². The molecule has 0 radical (unpaired) electrons. The smallest absolute Gasteiger partial charge is 0.177 e. The lowest BCUT2D eigenvalue weighted by atomic mass is 10.1. The Morgan fingerprint density at radius 1 is 1.16 bits per heavy atom. The number of hydrogen-bond donors (Lipinski definition) is 0. The first-order chi connectivity index (χ1) is 14.5. The van der Waals surface area contributed by atoms with Crippen molar-refractivity contribution >= 4 is 40.5 Å². The quantitative estimate of drug-likeness (QED) is 0.223. The van der Waals surface area contributed by atoms with Crippen molar-refractivity contribution in [1.29, 1.82) is 0 Å². The molecule has 0 aliphatic heterocycles. The fourth-order valence-corrected chi connectivity index (χ4v) is 4.77. The van der Waals surface area contributed by atoms with Gasteiger partial charge in [-0.25, -0.2) is 13.4 Å². The predicted octanol–water partition coefficient (Wildman–Crippen LogP) is 4.64. The maximum absolute atomic E-state index is 11.9. The molecule has 0 saturated heterocycles. The zero-order valence-corrected chi connectivity index (χ0v) is 22.4. The van der Waals surface area contributed by atoms with Crippen LogP contribution in [0.4, 0.5) is 0 Å². The summed E-state index contributed by atoms with van der Waals surface area (Å²) in [6, 6.07) is 6.47. The van der Waals surface area contributed by atoms with Gasteiger partial charge in [0, 0.05) is 45.1 Å². The highest BCUT2D eigenvalue weighted by atomic mass is 127. The minimum Gasteiger partial charge on any atom is -0.361 e. The van der Waals surface area contributed by atoms with Gasteiger partial charge < -0.3 is 9.30 Å². The summed E-state index contributed by atoms with van der Waals surface area (Å²) in [5.74, 6) is 0.726. The van der Waals surface area contributed by atoms with Crippen molar-refractivity contribution in [3.63, 3.8) is 0 Å². The summed E-state index contributed by atoms with van der Waals surface area (Å²) in [5, 5.41) is 0. The third kappa shape index (κ3) is 6.21. The van der Waals surface area contributed by atoms with Crippen LogP contribution >= 0.6 is 22.6 Å². The molecule has 0 unspecified atom stereocenters. The monoisotopic (exact) mass is 570 g/mol. The number of pyridine rings is 2. The Balaban J connectivity index is 1.92. The molecule has 3 rings (SSSR count). The van der Waals surface area contributed by atoms with E-state index in [9.17, 15) is 8.42 Å². The third-order valence-electron chi connectivity index (χ3n) is 4.84. The average Bonchev–Trinajstić information content (AvgIpc) is 2.98. The van der Waals surface area contributed by atoms with Crippen molar-refractivity contribution < 1.29 is 13.2 Å². The van der Waals surface area contributed by atoms with E-state index in [0.29, 0.717) is 18.0 Å². The van der Waals surface area contributed by atoms with Gasteiger partial charge in [-0.1, -0.05) is 19.6 Å². The molecular formula is C21H27IN4O3SSi. The van der Waals surface area contributed by atoms with Gasteiger partial charge in [0.25, 0.3) is 0 Å². The van der Waals surface area contributed by atoms with Crippen molar-refractivity contribution in [3.05, 3.63) is 46.2 Å². The highest BCUT2D eigenvalue weighted by molar-refractivity contribution is 14.1. The number of halogens is 1. The maximum Gasteiger partial charge on any atom is 0.177 e. The highest BCUT2D eigenvalue weighted by Crippen LogP contribution is 2.27. The highest BCUT2D eigenvalue weighted by Gasteiger charge is 2.17. The summed E-state index contributed by atoms with van der Waals surface area (Å²) in [7, 11) is -4.49. The Hall–Kier alpha value is -1.63. The first kappa shape index (κ1) is 24.0. The third-order valence-corrected chi connectivity index (χ3v) is 8.65. The van der Waals surface area contributed by atoms with Gasteiger partial charge in [0.05, 0.1) is 10.6 Å². The molecule has 0 aromatic carbocycles. The largest absolute Gasteiger partial charge is 0.361 e. The first-order valence-corrected chi connectivity index (χ1v) is 16.6. The van der Waals surface area contributed by atoms with Crippen molar-refractivity contribution in [2.75, 3.05) is 12.9 Å². The van der Waals surface area contributed by atoms with E-state index in [2.05, 4.69) is 52.2 Å². The van der Waals surface area contributed by atoms with E-state index in [-0.39, 0.29) is 4.90 Å². The van der Waals surface area contributed by atoms with Crippen LogP contribution in [-0.4, -0.2) is 48.9 Å². The van der Waals surface area contributed by atoms with Crippen LogP contribution in [0, 0.1) is 10.6 Å². The summed E-state index contributed by atoms with van der Waals surface area (Å²) in [4.78, 5) is 13.5. The maximum atomic E-state index is 11.9. The number of sulfone groups is 1. The molecule has 0 atom stereocenters. The van der Waals surface area contributed by atoms with Crippen molar-refractivity contribution in [2.24, 2.45) is 0 Å². The zero-order valence-electron chi connectivity index (χ0n) is 18.4. The molecule has 3 aromatic rings. The molecule has 0 amide bonds. The first-order valence-electron chi connectivity index (χ1n) is 9.88. The van der Waals surface area contributed by atoms with Gasteiger partial charge in [0.15, 0.2) is 15.7 Å². The summed E-state index contributed by atoms with van der Waals surface area (Å²) in [6.07, 6.45) is 5.88. The lowest BCUT2D eigenvalue weighted by Crippen LogP contribution is -2.22. The minimum absolute atomic E-state index is 0.186. The fourth-order valence-electron chi connectivity index (χ4n) is 2.90. The molecule has 3 heterocycles. The second kappa shape index (κ2) is 9.47. The summed E-state index contributed by atoms with van der Waals surface area (Å²) < 4.78 is 32.7. The number of rotatable bonds is 8. The summed E-state index contributed by atoms with van der Waals surface area (Å²) >= 11 is 2.22. The van der Waals surface area contributed by atoms with Crippen LogP contribution in [0.5, 0.6) is 0 Å². The van der Waals surface area contributed by atoms with Crippen LogP contribution in [0.2, 0.25) is 25.7 Å². The van der Waals surface area contributed by atoms with Crippen molar-refractivity contribution in [3.8, 4) is 22.6 Å². The van der Waals surface area contributed by atoms with Gasteiger partial charge in [-0.05, 0) is 59.3 Å². The molecule has 0 aliphatic carbocycles. The van der Waals surface area contributed by atoms with Gasteiger partial charge in [0.1, 0.15) is 16.1 Å². The average molecular weight is 571 g/mol. The number of nitrogens with zero attached hydrogens (tertiary/aromatic N) is 4. The number of imidazole rings is 1. The van der Waals surface area contributed by atoms with Crippen LogP contribution in [0.1, 0.15) is 5.69 Å². The molecule has 166 valence electrons. The molecule has 0 saturated carbocycles. The normalized spacial score (nSPS) is 12.3. The van der Waals surface area contributed by atoms with E-state index in [1.807, 2.05) is 23.6 Å². The van der Waals surface area contributed by atoms with Crippen LogP contribution in [0.25, 0.3) is 22.6 Å². The van der Waals surface area contributed by atoms with Crippen molar-refractivity contribution in [2.45, 2.75) is 44.2 Å². The molecule has 31 heavy (non-hydrogen) atoms. The Bertz CT molecular complexity index is 1190. The second-order valence-corrected chi connectivity index (χ2v) is 17.4. The van der Waals surface area contributed by atoms with Gasteiger partial charge in [-0.3, -0.25) is 9.97 Å². The lowest BCUT2D eigenvalue weighted by molar-refractivity contribution is 0.0869. The Kier molecular flexibility index (Phi) is 7.34. The summed E-state index contributed by atoms with van der Waals surface area (Å²) in [5.41, 5.74) is 3.26. The lowest BCUT2D eigenvalue weighted by Gasteiger charge is -2.16. The molecule has 0 N–H and O–H groups in total. The SMILES string of the molecule is Cc1c(I)nc(-c2cc(-c3cncc(S(C)(=O)=O)c3)ccn2)n1COCC[Si](C)(C)C. The molecule has 7 nitrogen and oxygen atoms in total. The number of hydrogen-bond acceptors (Lipinski definition) is 6. The van der Waals surface area contributed by atoms with Crippen LogP contribution < -0.4 is 0 Å². The van der Waals surface area contributed by atoms with E-state index in [4.69, 9.17) is 9.72 Å². The van der Waals surface area contributed by atoms with Crippen molar-refractivity contribution in [1.82, 2.24) is 19.5 Å². The van der Waals surface area contributed by atoms with E-state index < -0.39 is 17.9 Å². The molecule has 0 aliphatic rings. The Labute approximate surface area is 198 Å². The molecule has 3 aromatic heterocycles. The Morgan fingerprint density at radius 2 is 1.90 bits per heavy atom. The van der Waals surface area contributed by atoms with Gasteiger partial charge in [0.2, 0.25) is 0 Å². The molecule has 0 fully saturated rings. The molecule has 10 heteroatoms. The number of ether oxygens (including phenoxy) is 1. The van der Waals surface area contributed by atoms with Gasteiger partial charge >= 0.3 is 0 Å². The fraction of sp³-hybridized carbons (Fsp3) is 0.381. The Morgan fingerprint density at radius 3 is 2.58 bits per heavy atom. The van der Waals surface area contributed by atoms with Gasteiger partial charge in [-0.2, -0.15) is 0 Å². The predicted molar refractivity (Wildman–Crippen MR) is 133 cm³/mol. The topological polar surface area (TPSA) is 87.0 Å². The van der Waals surface area contributed by atoms with Crippen LogP contribution in [0.3, 0.4) is 0 Å². The molecular weight excluding hydrogens is 543 g/mol. The van der Waals surface area contributed by atoms with E-state index >= 15 is 0 Å². The van der Waals surface area contributed by atoms with Crippen LogP contribution in [-0.2, 0) is 21.3 Å². The second-order valence-electron chi connectivity index (χ2n) is 8.70. The minimum atomic E-state index is -3.34. The van der Waals surface area contributed by atoms with E-state index in [1.54, 1.807) is 18.5 Å². The van der Waals surface area contributed by atoms with E-state index in [1.165, 1.54) is 12.5 Å². The zero-order chi connectivity index (χ0) is 22.8.